The van der Waals surface area contributed by atoms with Crippen molar-refractivity contribution in [1.29, 1.82) is 0 Å². The monoisotopic (exact) mass is 285 g/mol. The molecule has 1 aliphatic carbocycles. The van der Waals surface area contributed by atoms with Gasteiger partial charge >= 0.3 is 0 Å². The number of hydrogen-bond acceptors (Lipinski definition) is 2. The second kappa shape index (κ2) is 5.92. The van der Waals surface area contributed by atoms with Crippen LogP contribution >= 0.6 is 0 Å². The Kier molecular flexibility index (Phi) is 4.00. The molecule has 3 rings (SSSR count). The van der Waals surface area contributed by atoms with Crippen LogP contribution in [0.4, 0.5) is 0 Å². The minimum Gasteiger partial charge on any atom is -0.464 e. The van der Waals surface area contributed by atoms with E-state index in [-0.39, 0.29) is 5.91 Å². The fourth-order valence-corrected chi connectivity index (χ4v) is 2.80. The van der Waals surface area contributed by atoms with Crippen LogP contribution in [0.1, 0.15) is 37.3 Å². The maximum atomic E-state index is 12.6. The summed E-state index contributed by atoms with van der Waals surface area (Å²) in [6.07, 6.45) is 5.76. The van der Waals surface area contributed by atoms with E-state index in [2.05, 4.69) is 19.1 Å². The number of benzene rings is 1. The van der Waals surface area contributed by atoms with E-state index in [4.69, 9.17) is 4.42 Å². The molecule has 1 aromatic carbocycles. The lowest BCUT2D eigenvalue weighted by molar-refractivity contribution is -0.130. The number of aryl methyl sites for hydroxylation is 1. The van der Waals surface area contributed by atoms with Crippen molar-refractivity contribution in [2.24, 2.45) is 5.92 Å². The molecule has 0 bridgehead atoms. The zero-order valence-electron chi connectivity index (χ0n) is 12.9. The standard InChI is InChI=1S/C18H23NO2/c1-3-8-19(11-14-5-6-14)18(20)10-15-12-21-17-9-13(2)4-7-16(15)17/h4,7,9,12,14H,3,5-6,8,10-11H2,1-2H3. The maximum absolute atomic E-state index is 12.6. The number of hydrogen-bond donors (Lipinski definition) is 0. The Balaban J connectivity index is 1.74. The smallest absolute Gasteiger partial charge is 0.227 e. The summed E-state index contributed by atoms with van der Waals surface area (Å²) in [6.45, 7) is 5.97. The van der Waals surface area contributed by atoms with Gasteiger partial charge in [-0.05, 0) is 43.7 Å². The molecule has 0 spiro atoms. The van der Waals surface area contributed by atoms with Gasteiger partial charge in [0.15, 0.2) is 0 Å². The van der Waals surface area contributed by atoms with Crippen LogP contribution in [0, 0.1) is 12.8 Å². The summed E-state index contributed by atoms with van der Waals surface area (Å²) in [4.78, 5) is 14.6. The number of carbonyl (C=O) groups excluding carboxylic acids is 1. The lowest BCUT2D eigenvalue weighted by Crippen LogP contribution is -2.34. The fraction of sp³-hybridized carbons (Fsp3) is 0.500. The van der Waals surface area contributed by atoms with Crippen LogP contribution in [0.5, 0.6) is 0 Å². The van der Waals surface area contributed by atoms with E-state index in [1.54, 1.807) is 6.26 Å². The number of nitrogens with zero attached hydrogens (tertiary/aromatic N) is 1. The van der Waals surface area contributed by atoms with E-state index in [0.29, 0.717) is 6.42 Å². The molecule has 1 amide bonds. The molecule has 1 aromatic heterocycles. The van der Waals surface area contributed by atoms with Gasteiger partial charge in [-0.2, -0.15) is 0 Å². The molecule has 21 heavy (non-hydrogen) atoms. The molecule has 0 atom stereocenters. The summed E-state index contributed by atoms with van der Waals surface area (Å²) in [5, 5.41) is 1.07. The van der Waals surface area contributed by atoms with Gasteiger partial charge in [0.2, 0.25) is 5.91 Å². The zero-order valence-corrected chi connectivity index (χ0v) is 12.9. The van der Waals surface area contributed by atoms with Gasteiger partial charge in [0.1, 0.15) is 5.58 Å². The highest BCUT2D eigenvalue weighted by Gasteiger charge is 2.26. The van der Waals surface area contributed by atoms with Crippen molar-refractivity contribution in [1.82, 2.24) is 4.90 Å². The van der Waals surface area contributed by atoms with Gasteiger partial charge in [-0.25, -0.2) is 0 Å². The van der Waals surface area contributed by atoms with Crippen LogP contribution in [0.15, 0.2) is 28.9 Å². The normalized spacial score (nSPS) is 14.6. The first-order valence-corrected chi connectivity index (χ1v) is 7.92. The molecule has 1 fully saturated rings. The van der Waals surface area contributed by atoms with Gasteiger partial charge in [-0.3, -0.25) is 4.79 Å². The predicted molar refractivity (Wildman–Crippen MR) is 84.3 cm³/mol. The number of amides is 1. The Morgan fingerprint density at radius 2 is 2.19 bits per heavy atom. The number of furan rings is 1. The Hall–Kier alpha value is -1.77. The first-order chi connectivity index (χ1) is 10.2. The van der Waals surface area contributed by atoms with Crippen LogP contribution < -0.4 is 0 Å². The minimum atomic E-state index is 0.229. The third kappa shape index (κ3) is 3.29. The predicted octanol–water partition coefficient (Wildman–Crippen LogP) is 3.93. The Morgan fingerprint density at radius 3 is 2.90 bits per heavy atom. The summed E-state index contributed by atoms with van der Waals surface area (Å²) >= 11 is 0. The van der Waals surface area contributed by atoms with Crippen molar-refractivity contribution in [3.05, 3.63) is 35.6 Å². The van der Waals surface area contributed by atoms with Gasteiger partial charge in [0, 0.05) is 24.0 Å². The zero-order chi connectivity index (χ0) is 14.8. The van der Waals surface area contributed by atoms with Crippen LogP contribution in [0.25, 0.3) is 11.0 Å². The van der Waals surface area contributed by atoms with Crippen LogP contribution in [0.3, 0.4) is 0 Å². The topological polar surface area (TPSA) is 33.5 Å². The highest BCUT2D eigenvalue weighted by molar-refractivity contribution is 5.88. The minimum absolute atomic E-state index is 0.229. The summed E-state index contributed by atoms with van der Waals surface area (Å²) in [6, 6.07) is 6.15. The quantitative estimate of drug-likeness (QED) is 0.805. The average Bonchev–Trinajstić information content (AvgIpc) is 3.20. The molecule has 0 aliphatic heterocycles. The highest BCUT2D eigenvalue weighted by atomic mass is 16.3. The molecule has 1 heterocycles. The van der Waals surface area contributed by atoms with Gasteiger partial charge in [0.25, 0.3) is 0 Å². The van der Waals surface area contributed by atoms with E-state index in [0.717, 1.165) is 42.0 Å². The number of carbonyl (C=O) groups is 1. The van der Waals surface area contributed by atoms with Gasteiger partial charge in [0.05, 0.1) is 12.7 Å². The Morgan fingerprint density at radius 1 is 1.38 bits per heavy atom. The lowest BCUT2D eigenvalue weighted by atomic mass is 10.1. The van der Waals surface area contributed by atoms with E-state index in [1.807, 2.05) is 17.9 Å². The summed E-state index contributed by atoms with van der Waals surface area (Å²) in [7, 11) is 0. The molecule has 3 nitrogen and oxygen atoms in total. The molecule has 0 saturated heterocycles. The van der Waals surface area contributed by atoms with Gasteiger partial charge < -0.3 is 9.32 Å². The van der Waals surface area contributed by atoms with Crippen molar-refractivity contribution in [2.45, 2.75) is 39.5 Å². The highest BCUT2D eigenvalue weighted by Crippen LogP contribution is 2.30. The Bertz CT molecular complexity index is 640. The molecular weight excluding hydrogens is 262 g/mol. The summed E-state index contributed by atoms with van der Waals surface area (Å²) < 4.78 is 5.59. The molecule has 0 N–H and O–H groups in total. The van der Waals surface area contributed by atoms with Crippen LogP contribution in [0.2, 0.25) is 0 Å². The van der Waals surface area contributed by atoms with Crippen molar-refractivity contribution < 1.29 is 9.21 Å². The molecule has 1 saturated carbocycles. The molecule has 1 aliphatic rings. The molecule has 2 aromatic rings. The van der Waals surface area contributed by atoms with E-state index in [9.17, 15) is 4.79 Å². The Labute approximate surface area is 125 Å². The maximum Gasteiger partial charge on any atom is 0.227 e. The van der Waals surface area contributed by atoms with E-state index >= 15 is 0 Å². The number of fused-ring (bicyclic) bond motifs is 1. The van der Waals surface area contributed by atoms with Crippen molar-refractivity contribution in [3.8, 4) is 0 Å². The van der Waals surface area contributed by atoms with Crippen molar-refractivity contribution in [2.75, 3.05) is 13.1 Å². The third-order valence-corrected chi connectivity index (χ3v) is 4.17. The second-order valence-corrected chi connectivity index (χ2v) is 6.22. The van der Waals surface area contributed by atoms with E-state index in [1.165, 1.54) is 18.4 Å². The van der Waals surface area contributed by atoms with Gasteiger partial charge in [-0.15, -0.1) is 0 Å². The summed E-state index contributed by atoms with van der Waals surface area (Å²) in [5.41, 5.74) is 3.06. The third-order valence-electron chi connectivity index (χ3n) is 4.17. The van der Waals surface area contributed by atoms with Crippen molar-refractivity contribution >= 4 is 16.9 Å². The largest absolute Gasteiger partial charge is 0.464 e. The SMILES string of the molecule is CCCN(CC1CC1)C(=O)Cc1coc2cc(C)ccc12. The van der Waals surface area contributed by atoms with Crippen LogP contribution in [-0.2, 0) is 11.2 Å². The summed E-state index contributed by atoms with van der Waals surface area (Å²) in [5.74, 6) is 0.969. The average molecular weight is 285 g/mol. The number of rotatable bonds is 6. The van der Waals surface area contributed by atoms with Crippen LogP contribution in [-0.4, -0.2) is 23.9 Å². The van der Waals surface area contributed by atoms with Crippen molar-refractivity contribution in [3.63, 3.8) is 0 Å². The molecule has 0 unspecified atom stereocenters. The molecule has 3 heteroatoms. The van der Waals surface area contributed by atoms with E-state index < -0.39 is 0 Å². The first-order valence-electron chi connectivity index (χ1n) is 7.92. The lowest BCUT2D eigenvalue weighted by Gasteiger charge is -2.21. The molecule has 112 valence electrons. The van der Waals surface area contributed by atoms with Gasteiger partial charge in [-0.1, -0.05) is 19.1 Å². The first kappa shape index (κ1) is 14.2. The molecular formula is C18H23NO2. The fourth-order valence-electron chi connectivity index (χ4n) is 2.80. The molecule has 0 radical (unpaired) electrons. The second-order valence-electron chi connectivity index (χ2n) is 6.22.